The van der Waals surface area contributed by atoms with Gasteiger partial charge in [0, 0.05) is 37.4 Å². The molecular weight excluding hydrogens is 412 g/mol. The Hall–Kier alpha value is -3.31. The molecule has 0 unspecified atom stereocenters. The highest BCUT2D eigenvalue weighted by molar-refractivity contribution is 8.14. The van der Waals surface area contributed by atoms with Gasteiger partial charge in [-0.3, -0.25) is 19.3 Å². The van der Waals surface area contributed by atoms with Gasteiger partial charge in [0.2, 0.25) is 5.91 Å². The minimum Gasteiger partial charge on any atom is -0.370 e. The fourth-order valence-corrected chi connectivity index (χ4v) is 4.55. The molecular formula is C23H22N4O3S. The Morgan fingerprint density at radius 2 is 1.84 bits per heavy atom. The maximum absolute atomic E-state index is 13.1. The molecule has 0 aromatic heterocycles. The summed E-state index contributed by atoms with van der Waals surface area (Å²) in [6.45, 7) is 3.01. The lowest BCUT2D eigenvalue weighted by Gasteiger charge is -2.24. The summed E-state index contributed by atoms with van der Waals surface area (Å²) in [5, 5.41) is 8.73. The van der Waals surface area contributed by atoms with Gasteiger partial charge in [0.15, 0.2) is 0 Å². The highest BCUT2D eigenvalue weighted by Crippen LogP contribution is 2.22. The molecule has 158 valence electrons. The molecule has 0 aliphatic carbocycles. The van der Waals surface area contributed by atoms with Crippen molar-refractivity contribution in [3.05, 3.63) is 65.2 Å². The average Bonchev–Trinajstić information content (AvgIpc) is 2.99. The largest absolute Gasteiger partial charge is 0.370 e. The maximum Gasteiger partial charge on any atom is 0.289 e. The third-order valence-corrected chi connectivity index (χ3v) is 6.36. The minimum absolute atomic E-state index is 0.0445. The van der Waals surface area contributed by atoms with E-state index in [-0.39, 0.29) is 29.4 Å². The van der Waals surface area contributed by atoms with E-state index < -0.39 is 0 Å². The summed E-state index contributed by atoms with van der Waals surface area (Å²) in [5.41, 5.74) is 3.01. The molecule has 2 aromatic carbocycles. The van der Waals surface area contributed by atoms with E-state index in [0.29, 0.717) is 30.8 Å². The molecule has 2 aliphatic rings. The third-order valence-electron chi connectivity index (χ3n) is 5.50. The second kappa shape index (κ2) is 9.23. The van der Waals surface area contributed by atoms with E-state index in [0.717, 1.165) is 36.0 Å². The van der Waals surface area contributed by atoms with Crippen LogP contribution in [0.4, 0.5) is 10.5 Å². The van der Waals surface area contributed by atoms with Gasteiger partial charge in [-0.25, -0.2) is 0 Å². The monoisotopic (exact) mass is 434 g/mol. The molecule has 0 spiro atoms. The number of rotatable bonds is 4. The fourth-order valence-electron chi connectivity index (χ4n) is 3.83. The summed E-state index contributed by atoms with van der Waals surface area (Å²) in [4.78, 5) is 42.1. The SMILES string of the molecule is N#Cc1ccc(N2CCCN(C(=O)c3cccc(CN4C(=O)CSC4=O)c3)CC2)cc1. The van der Waals surface area contributed by atoms with Gasteiger partial charge in [-0.2, -0.15) is 5.26 Å². The second-order valence-electron chi connectivity index (χ2n) is 7.53. The Morgan fingerprint density at radius 3 is 2.55 bits per heavy atom. The van der Waals surface area contributed by atoms with Gasteiger partial charge >= 0.3 is 0 Å². The first-order valence-electron chi connectivity index (χ1n) is 10.2. The van der Waals surface area contributed by atoms with Crippen molar-refractivity contribution in [2.75, 3.05) is 36.8 Å². The number of amides is 3. The van der Waals surface area contributed by atoms with Gasteiger partial charge in [0.05, 0.1) is 23.9 Å². The summed E-state index contributed by atoms with van der Waals surface area (Å²) < 4.78 is 0. The van der Waals surface area contributed by atoms with Gasteiger partial charge in [0.25, 0.3) is 11.1 Å². The van der Waals surface area contributed by atoms with Crippen LogP contribution >= 0.6 is 11.8 Å². The number of hydrogen-bond acceptors (Lipinski definition) is 6. The van der Waals surface area contributed by atoms with Gasteiger partial charge in [-0.15, -0.1) is 0 Å². The number of thioether (sulfide) groups is 1. The molecule has 7 nitrogen and oxygen atoms in total. The number of nitriles is 1. The predicted octanol–water partition coefficient (Wildman–Crippen LogP) is 3.11. The van der Waals surface area contributed by atoms with Crippen LogP contribution in [0, 0.1) is 11.3 Å². The zero-order valence-electron chi connectivity index (χ0n) is 17.0. The molecule has 2 aromatic rings. The van der Waals surface area contributed by atoms with E-state index in [9.17, 15) is 14.4 Å². The molecule has 8 heteroatoms. The molecule has 2 aliphatic heterocycles. The van der Waals surface area contributed by atoms with E-state index in [1.807, 2.05) is 35.2 Å². The lowest BCUT2D eigenvalue weighted by atomic mass is 10.1. The lowest BCUT2D eigenvalue weighted by Crippen LogP contribution is -2.35. The molecule has 2 saturated heterocycles. The number of benzene rings is 2. The van der Waals surface area contributed by atoms with Crippen molar-refractivity contribution < 1.29 is 14.4 Å². The zero-order chi connectivity index (χ0) is 21.8. The number of hydrogen-bond donors (Lipinski definition) is 0. The van der Waals surface area contributed by atoms with E-state index in [1.165, 1.54) is 4.90 Å². The molecule has 0 bridgehead atoms. The summed E-state index contributed by atoms with van der Waals surface area (Å²) in [6, 6.07) is 16.8. The molecule has 0 atom stereocenters. The normalized spacial score (nSPS) is 16.9. The van der Waals surface area contributed by atoms with E-state index in [1.54, 1.807) is 18.2 Å². The van der Waals surface area contributed by atoms with Crippen LogP contribution in [0.25, 0.3) is 0 Å². The number of nitrogens with zero attached hydrogens (tertiary/aromatic N) is 4. The fraction of sp³-hybridized carbons (Fsp3) is 0.304. The van der Waals surface area contributed by atoms with Crippen molar-refractivity contribution in [2.45, 2.75) is 13.0 Å². The van der Waals surface area contributed by atoms with E-state index in [4.69, 9.17) is 5.26 Å². The molecule has 0 saturated carbocycles. The Labute approximate surface area is 185 Å². The topological polar surface area (TPSA) is 84.7 Å². The van der Waals surface area contributed by atoms with Crippen LogP contribution in [0.3, 0.4) is 0 Å². The number of anilines is 1. The number of carbonyl (C=O) groups excluding carboxylic acids is 3. The van der Waals surface area contributed by atoms with Crippen LogP contribution in [-0.2, 0) is 11.3 Å². The van der Waals surface area contributed by atoms with Crippen LogP contribution in [0.1, 0.15) is 27.9 Å². The summed E-state index contributed by atoms with van der Waals surface area (Å²) in [6.07, 6.45) is 0.847. The van der Waals surface area contributed by atoms with Crippen LogP contribution < -0.4 is 4.90 Å². The quantitative estimate of drug-likeness (QED) is 0.735. The van der Waals surface area contributed by atoms with Crippen LogP contribution in [0.2, 0.25) is 0 Å². The van der Waals surface area contributed by atoms with Crippen LogP contribution in [0.5, 0.6) is 0 Å². The number of imide groups is 1. The van der Waals surface area contributed by atoms with Gasteiger partial charge < -0.3 is 9.80 Å². The maximum atomic E-state index is 13.1. The van der Waals surface area contributed by atoms with Crippen molar-refractivity contribution in [3.8, 4) is 6.07 Å². The molecule has 2 fully saturated rings. The third kappa shape index (κ3) is 4.72. The first kappa shape index (κ1) is 20.9. The first-order valence-corrected chi connectivity index (χ1v) is 11.1. The Morgan fingerprint density at radius 1 is 1.03 bits per heavy atom. The standard InChI is InChI=1S/C23H22N4O3S/c24-14-17-5-7-20(8-6-17)25-9-2-10-26(12-11-25)22(29)19-4-1-3-18(13-19)15-27-21(28)16-31-23(27)30/h1,3-8,13H,2,9-12,15-16H2. The smallest absolute Gasteiger partial charge is 0.289 e. The van der Waals surface area contributed by atoms with Crippen LogP contribution in [0.15, 0.2) is 48.5 Å². The molecule has 3 amide bonds. The first-order chi connectivity index (χ1) is 15.0. The van der Waals surface area contributed by atoms with Crippen molar-refractivity contribution in [3.63, 3.8) is 0 Å². The zero-order valence-corrected chi connectivity index (χ0v) is 17.8. The van der Waals surface area contributed by atoms with Crippen molar-refractivity contribution >= 4 is 34.5 Å². The molecule has 4 rings (SSSR count). The highest BCUT2D eigenvalue weighted by atomic mass is 32.2. The number of carbonyl (C=O) groups is 3. The average molecular weight is 435 g/mol. The Kier molecular flexibility index (Phi) is 6.23. The highest BCUT2D eigenvalue weighted by Gasteiger charge is 2.30. The summed E-state index contributed by atoms with van der Waals surface area (Å²) in [7, 11) is 0. The molecule has 0 N–H and O–H groups in total. The van der Waals surface area contributed by atoms with Crippen molar-refractivity contribution in [2.24, 2.45) is 0 Å². The Bertz CT molecular complexity index is 1030. The summed E-state index contributed by atoms with van der Waals surface area (Å²) in [5.74, 6) is -0.0554. The van der Waals surface area contributed by atoms with E-state index in [2.05, 4.69) is 11.0 Å². The van der Waals surface area contributed by atoms with Gasteiger partial charge in [0.1, 0.15) is 0 Å². The lowest BCUT2D eigenvalue weighted by molar-refractivity contribution is -0.125. The predicted molar refractivity (Wildman–Crippen MR) is 119 cm³/mol. The summed E-state index contributed by atoms with van der Waals surface area (Å²) >= 11 is 1.01. The van der Waals surface area contributed by atoms with Gasteiger partial charge in [-0.05, 0) is 48.4 Å². The van der Waals surface area contributed by atoms with E-state index >= 15 is 0 Å². The Balaban J connectivity index is 1.42. The van der Waals surface area contributed by atoms with Gasteiger partial charge in [-0.1, -0.05) is 23.9 Å². The minimum atomic E-state index is -0.239. The second-order valence-corrected chi connectivity index (χ2v) is 8.45. The van der Waals surface area contributed by atoms with Crippen molar-refractivity contribution in [1.29, 1.82) is 5.26 Å². The molecule has 0 radical (unpaired) electrons. The molecule has 31 heavy (non-hydrogen) atoms. The van der Waals surface area contributed by atoms with Crippen LogP contribution in [-0.4, -0.2) is 58.8 Å². The molecule has 2 heterocycles. The van der Waals surface area contributed by atoms with Crippen molar-refractivity contribution in [1.82, 2.24) is 9.80 Å².